The number of carbonyl (C=O) groups is 1. The Labute approximate surface area is 77.4 Å². The van der Waals surface area contributed by atoms with E-state index in [1.165, 1.54) is 0 Å². The van der Waals surface area contributed by atoms with Gasteiger partial charge in [0.15, 0.2) is 6.10 Å². The second-order valence-corrected chi connectivity index (χ2v) is 3.87. The van der Waals surface area contributed by atoms with Crippen LogP contribution < -0.4 is 0 Å². The molecule has 1 fully saturated rings. The van der Waals surface area contributed by atoms with Gasteiger partial charge >= 0.3 is 12.3 Å². The first-order chi connectivity index (χ1) is 5.95. The van der Waals surface area contributed by atoms with Gasteiger partial charge in [-0.1, -0.05) is 27.4 Å². The third-order valence-corrected chi connectivity index (χ3v) is 1.59. The van der Waals surface area contributed by atoms with Gasteiger partial charge in [0.1, 0.15) is 0 Å². The van der Waals surface area contributed by atoms with Gasteiger partial charge in [0.05, 0.1) is 0 Å². The van der Waals surface area contributed by atoms with Crippen LogP contribution in [0, 0.1) is 11.7 Å². The van der Waals surface area contributed by atoms with Crippen molar-refractivity contribution in [3.8, 4) is 0 Å². The van der Waals surface area contributed by atoms with Crippen LogP contribution in [0.4, 0.5) is 0 Å². The fourth-order valence-electron chi connectivity index (χ4n) is 0.845. The van der Waals surface area contributed by atoms with Crippen molar-refractivity contribution in [3.63, 3.8) is 0 Å². The lowest BCUT2D eigenvalue weighted by atomic mass is 9.88. The highest BCUT2D eigenvalue weighted by Crippen LogP contribution is 2.38. The smallest absolute Gasteiger partial charge is 0.343 e. The Kier molecular flexibility index (Phi) is 2.73. The number of ether oxygens (including phenoxy) is 1. The fourth-order valence-corrected chi connectivity index (χ4v) is 0.845. The summed E-state index contributed by atoms with van der Waals surface area (Å²) in [5.41, 5.74) is -0.144. The molecule has 0 aromatic carbocycles. The van der Waals surface area contributed by atoms with Crippen molar-refractivity contribution in [1.29, 1.82) is 0 Å². The fraction of sp³-hybridized carbons (Fsp3) is 0.556. The van der Waals surface area contributed by atoms with Gasteiger partial charge in [-0.05, 0) is 5.41 Å². The molecule has 1 heterocycles. The molecule has 1 unspecified atom stereocenters. The summed E-state index contributed by atoms with van der Waals surface area (Å²) in [7, 11) is 0. The standard InChI is InChI=1S/C9H13O4/c1-5-6(10)11-8-7(12-13-8)9(2,3)4/h5,7H,1H2,2-4H3. The molecular formula is C9H13O4. The van der Waals surface area contributed by atoms with E-state index in [2.05, 4.69) is 11.5 Å². The minimum Gasteiger partial charge on any atom is -0.417 e. The molecule has 1 rings (SSSR count). The maximum atomic E-state index is 10.8. The molecule has 1 saturated heterocycles. The van der Waals surface area contributed by atoms with Gasteiger partial charge in [-0.25, -0.2) is 9.68 Å². The highest BCUT2D eigenvalue weighted by molar-refractivity contribution is 5.81. The molecule has 0 saturated carbocycles. The molecule has 1 aliphatic heterocycles. The van der Waals surface area contributed by atoms with E-state index < -0.39 is 5.97 Å². The maximum absolute atomic E-state index is 10.8. The highest BCUT2D eigenvalue weighted by atomic mass is 17.3. The molecule has 1 atom stereocenters. The summed E-state index contributed by atoms with van der Waals surface area (Å²) in [5, 5.41) is 0. The first-order valence-corrected chi connectivity index (χ1v) is 3.99. The van der Waals surface area contributed by atoms with E-state index in [0.717, 1.165) is 6.08 Å². The zero-order chi connectivity index (χ0) is 10.1. The van der Waals surface area contributed by atoms with Gasteiger partial charge in [0.25, 0.3) is 0 Å². The van der Waals surface area contributed by atoms with Crippen LogP contribution in [0.2, 0.25) is 0 Å². The molecule has 0 aliphatic carbocycles. The van der Waals surface area contributed by atoms with Crippen LogP contribution >= 0.6 is 0 Å². The molecule has 0 aromatic rings. The van der Waals surface area contributed by atoms with Gasteiger partial charge in [0.2, 0.25) is 0 Å². The Morgan fingerprint density at radius 1 is 1.62 bits per heavy atom. The van der Waals surface area contributed by atoms with E-state index in [1.54, 1.807) is 0 Å². The number of carbonyl (C=O) groups excluding carboxylic acids is 1. The highest BCUT2D eigenvalue weighted by Gasteiger charge is 2.48. The maximum Gasteiger partial charge on any atom is 0.343 e. The summed E-state index contributed by atoms with van der Waals surface area (Å²) in [4.78, 5) is 20.2. The van der Waals surface area contributed by atoms with Crippen molar-refractivity contribution in [2.75, 3.05) is 0 Å². The predicted octanol–water partition coefficient (Wildman–Crippen LogP) is 1.58. The largest absolute Gasteiger partial charge is 0.417 e. The molecular weight excluding hydrogens is 172 g/mol. The number of rotatable bonds is 2. The summed E-state index contributed by atoms with van der Waals surface area (Å²) >= 11 is 0. The van der Waals surface area contributed by atoms with Crippen LogP contribution in [0.3, 0.4) is 0 Å². The van der Waals surface area contributed by atoms with Gasteiger partial charge < -0.3 is 4.74 Å². The summed E-state index contributed by atoms with van der Waals surface area (Å²) in [6.07, 6.45) is 0.989. The summed E-state index contributed by atoms with van der Waals surface area (Å²) in [6.45, 7) is 9.16. The minimum absolute atomic E-state index is 0.144. The lowest BCUT2D eigenvalue weighted by Gasteiger charge is -2.39. The zero-order valence-electron chi connectivity index (χ0n) is 7.99. The van der Waals surface area contributed by atoms with Gasteiger partial charge in [-0.2, -0.15) is 4.89 Å². The first kappa shape index (κ1) is 10.2. The van der Waals surface area contributed by atoms with Crippen LogP contribution in [0.1, 0.15) is 20.8 Å². The Balaban J connectivity index is 2.46. The van der Waals surface area contributed by atoms with Gasteiger partial charge in [-0.3, -0.25) is 0 Å². The molecule has 4 heteroatoms. The van der Waals surface area contributed by atoms with Crippen LogP contribution in [0.5, 0.6) is 0 Å². The zero-order valence-corrected chi connectivity index (χ0v) is 7.99. The van der Waals surface area contributed by atoms with Crippen molar-refractivity contribution >= 4 is 5.97 Å². The van der Waals surface area contributed by atoms with Crippen molar-refractivity contribution in [2.45, 2.75) is 26.9 Å². The second kappa shape index (κ2) is 3.47. The lowest BCUT2D eigenvalue weighted by molar-refractivity contribution is -0.468. The first-order valence-electron chi connectivity index (χ1n) is 3.99. The van der Waals surface area contributed by atoms with Crippen LogP contribution in [-0.4, -0.2) is 12.1 Å². The molecule has 13 heavy (non-hydrogen) atoms. The van der Waals surface area contributed by atoms with E-state index in [0.29, 0.717) is 0 Å². The van der Waals surface area contributed by atoms with Gasteiger partial charge in [0, 0.05) is 6.08 Å². The molecule has 73 valence electrons. The van der Waals surface area contributed by atoms with E-state index in [1.807, 2.05) is 20.8 Å². The van der Waals surface area contributed by atoms with E-state index >= 15 is 0 Å². The van der Waals surface area contributed by atoms with E-state index in [9.17, 15) is 4.79 Å². The molecule has 0 amide bonds. The van der Waals surface area contributed by atoms with Crippen molar-refractivity contribution in [3.05, 3.63) is 18.9 Å². The number of hydrogen-bond acceptors (Lipinski definition) is 4. The summed E-state index contributed by atoms with van der Waals surface area (Å²) < 4.78 is 4.79. The molecule has 1 aliphatic rings. The second-order valence-electron chi connectivity index (χ2n) is 3.87. The van der Waals surface area contributed by atoms with Crippen LogP contribution in [0.15, 0.2) is 12.7 Å². The third-order valence-electron chi connectivity index (χ3n) is 1.59. The quantitative estimate of drug-likeness (QED) is 0.372. The van der Waals surface area contributed by atoms with Crippen molar-refractivity contribution < 1.29 is 19.3 Å². The molecule has 1 radical (unpaired) electrons. The van der Waals surface area contributed by atoms with Crippen molar-refractivity contribution in [2.24, 2.45) is 5.41 Å². The van der Waals surface area contributed by atoms with Gasteiger partial charge in [-0.15, -0.1) is 0 Å². The Bertz CT molecular complexity index is 216. The Hall–Kier alpha value is -0.870. The Morgan fingerprint density at radius 2 is 2.23 bits per heavy atom. The monoisotopic (exact) mass is 185 g/mol. The normalized spacial score (nSPS) is 23.5. The molecule has 0 aromatic heterocycles. The average molecular weight is 185 g/mol. The van der Waals surface area contributed by atoms with E-state index in [-0.39, 0.29) is 17.8 Å². The number of esters is 1. The average Bonchev–Trinajstić information content (AvgIpc) is 1.94. The lowest BCUT2D eigenvalue weighted by Crippen LogP contribution is -2.46. The van der Waals surface area contributed by atoms with Crippen molar-refractivity contribution in [1.82, 2.24) is 0 Å². The Morgan fingerprint density at radius 3 is 2.54 bits per heavy atom. The predicted molar refractivity (Wildman–Crippen MR) is 44.9 cm³/mol. The molecule has 0 bridgehead atoms. The minimum atomic E-state index is -0.535. The third kappa shape index (κ3) is 2.29. The molecule has 4 nitrogen and oxygen atoms in total. The van der Waals surface area contributed by atoms with Crippen LogP contribution in [-0.2, 0) is 19.3 Å². The SMILES string of the molecule is C=CC(=O)O[C]1OOC1C(C)(C)C. The summed E-state index contributed by atoms with van der Waals surface area (Å²) in [5.74, 6) is -0.535. The number of hydrogen-bond donors (Lipinski definition) is 0. The van der Waals surface area contributed by atoms with E-state index in [4.69, 9.17) is 9.62 Å². The molecule has 0 spiro atoms. The molecule has 0 N–H and O–H groups in total. The van der Waals surface area contributed by atoms with Crippen LogP contribution in [0.25, 0.3) is 0 Å². The summed E-state index contributed by atoms with van der Waals surface area (Å²) in [6, 6.07) is 0. The topological polar surface area (TPSA) is 44.8 Å².